The number of imide groups is 1. The van der Waals surface area contributed by atoms with Crippen molar-refractivity contribution in [1.82, 2.24) is 0 Å². The fourth-order valence-electron chi connectivity index (χ4n) is 1.43. The normalized spacial score (nSPS) is 16.8. The second-order valence-electron chi connectivity index (χ2n) is 3.21. The number of carbonyl (C=O) groups is 2. The third kappa shape index (κ3) is 1.79. The predicted octanol–water partition coefficient (Wildman–Crippen LogP) is 0.855. The summed E-state index contributed by atoms with van der Waals surface area (Å²) in [7, 11) is 0. The summed E-state index contributed by atoms with van der Waals surface area (Å²) in [5.74, 6) is -3.05. The summed E-state index contributed by atoms with van der Waals surface area (Å²) in [6.45, 7) is -0.578. The van der Waals surface area contributed by atoms with E-state index >= 15 is 0 Å². The van der Waals surface area contributed by atoms with Gasteiger partial charge in [-0.1, -0.05) is 0 Å². The van der Waals surface area contributed by atoms with Crippen LogP contribution in [0.1, 0.15) is 0 Å². The van der Waals surface area contributed by atoms with Gasteiger partial charge in [0.1, 0.15) is 24.8 Å². The Hall–Kier alpha value is -1.82. The molecular weight excluding hydrogens is 220 g/mol. The molecule has 1 saturated heterocycles. The number of amides is 2. The van der Waals surface area contributed by atoms with Gasteiger partial charge in [0.25, 0.3) is 11.8 Å². The summed E-state index contributed by atoms with van der Waals surface area (Å²) in [5, 5.41) is 0. The molecule has 1 aliphatic rings. The zero-order valence-electron chi connectivity index (χ0n) is 8.07. The van der Waals surface area contributed by atoms with Crippen LogP contribution in [0.5, 0.6) is 0 Å². The van der Waals surface area contributed by atoms with Crippen LogP contribution in [0, 0.1) is 11.6 Å². The average Bonchev–Trinajstić information content (AvgIpc) is 2.20. The summed E-state index contributed by atoms with van der Waals surface area (Å²) < 4.78 is 30.7. The minimum atomic E-state index is -0.955. The molecule has 6 heteroatoms. The van der Waals surface area contributed by atoms with E-state index in [1.54, 1.807) is 0 Å². The average molecular weight is 227 g/mol. The Morgan fingerprint density at radius 2 is 1.75 bits per heavy atom. The second-order valence-corrected chi connectivity index (χ2v) is 3.21. The first kappa shape index (κ1) is 10.7. The lowest BCUT2D eigenvalue weighted by Crippen LogP contribution is -2.46. The Balaban J connectivity index is 2.42. The molecule has 1 heterocycles. The van der Waals surface area contributed by atoms with Gasteiger partial charge in [0.2, 0.25) is 0 Å². The minimum absolute atomic E-state index is 0.250. The van der Waals surface area contributed by atoms with Gasteiger partial charge in [-0.15, -0.1) is 0 Å². The zero-order chi connectivity index (χ0) is 11.7. The summed E-state index contributed by atoms with van der Waals surface area (Å²) >= 11 is 0. The highest BCUT2D eigenvalue weighted by Crippen LogP contribution is 2.22. The van der Waals surface area contributed by atoms with Crippen molar-refractivity contribution < 1.29 is 23.1 Å². The molecule has 2 rings (SSSR count). The van der Waals surface area contributed by atoms with Crippen molar-refractivity contribution in [1.29, 1.82) is 0 Å². The predicted molar refractivity (Wildman–Crippen MR) is 49.7 cm³/mol. The van der Waals surface area contributed by atoms with Gasteiger partial charge in [0, 0.05) is 6.07 Å². The minimum Gasteiger partial charge on any atom is -0.362 e. The summed E-state index contributed by atoms with van der Waals surface area (Å²) in [4.78, 5) is 23.4. The van der Waals surface area contributed by atoms with Crippen molar-refractivity contribution in [2.75, 3.05) is 18.1 Å². The summed E-state index contributed by atoms with van der Waals surface area (Å²) in [5.41, 5.74) is -0.250. The lowest BCUT2D eigenvalue weighted by Gasteiger charge is -2.25. The molecular formula is C10H7F2NO3. The number of nitrogens with zero attached hydrogens (tertiary/aromatic N) is 1. The van der Waals surface area contributed by atoms with Crippen molar-refractivity contribution >= 4 is 17.5 Å². The van der Waals surface area contributed by atoms with E-state index in [1.165, 1.54) is 0 Å². The van der Waals surface area contributed by atoms with Crippen molar-refractivity contribution in [3.63, 3.8) is 0 Å². The third-order valence-electron chi connectivity index (χ3n) is 2.10. The van der Waals surface area contributed by atoms with Crippen molar-refractivity contribution in [3.8, 4) is 0 Å². The van der Waals surface area contributed by atoms with E-state index in [9.17, 15) is 18.4 Å². The molecule has 0 bridgehead atoms. The van der Waals surface area contributed by atoms with Gasteiger partial charge >= 0.3 is 0 Å². The Kier molecular flexibility index (Phi) is 2.66. The first-order valence-corrected chi connectivity index (χ1v) is 4.48. The molecule has 0 aromatic heterocycles. The van der Waals surface area contributed by atoms with Crippen LogP contribution in [0.25, 0.3) is 0 Å². The fraction of sp³-hybridized carbons (Fsp3) is 0.200. The standard InChI is InChI=1S/C10H7F2NO3/c11-6-1-2-8(7(12)3-6)13-9(14)4-16-5-10(13)15/h1-3H,4-5H2. The topological polar surface area (TPSA) is 46.6 Å². The highest BCUT2D eigenvalue weighted by Gasteiger charge is 2.30. The Bertz CT molecular complexity index is 445. The van der Waals surface area contributed by atoms with Crippen molar-refractivity contribution in [2.24, 2.45) is 0 Å². The van der Waals surface area contributed by atoms with Gasteiger partial charge < -0.3 is 4.74 Å². The number of hydrogen-bond acceptors (Lipinski definition) is 3. The summed E-state index contributed by atoms with van der Waals surface area (Å²) in [6, 6.07) is 2.64. The van der Waals surface area contributed by atoms with E-state index in [1.807, 2.05) is 0 Å². The summed E-state index contributed by atoms with van der Waals surface area (Å²) in [6.07, 6.45) is 0. The molecule has 84 valence electrons. The number of anilines is 1. The number of halogens is 2. The van der Waals surface area contributed by atoms with E-state index in [4.69, 9.17) is 0 Å². The molecule has 0 aliphatic carbocycles. The van der Waals surface area contributed by atoms with Gasteiger partial charge in [-0.05, 0) is 12.1 Å². The lowest BCUT2D eigenvalue weighted by molar-refractivity contribution is -0.138. The van der Waals surface area contributed by atoms with Crippen LogP contribution in [0.2, 0.25) is 0 Å². The monoisotopic (exact) mass is 227 g/mol. The van der Waals surface area contributed by atoms with Crippen LogP contribution in [0.15, 0.2) is 18.2 Å². The maximum absolute atomic E-state index is 13.4. The van der Waals surface area contributed by atoms with Gasteiger partial charge in [-0.2, -0.15) is 0 Å². The van der Waals surface area contributed by atoms with Gasteiger partial charge in [0.05, 0.1) is 5.69 Å². The van der Waals surface area contributed by atoms with Crippen LogP contribution in [0.4, 0.5) is 14.5 Å². The van der Waals surface area contributed by atoms with Crippen LogP contribution < -0.4 is 4.90 Å². The Morgan fingerprint density at radius 1 is 1.12 bits per heavy atom. The molecule has 0 radical (unpaired) electrons. The highest BCUT2D eigenvalue weighted by molar-refractivity contribution is 6.17. The first-order valence-electron chi connectivity index (χ1n) is 4.48. The maximum atomic E-state index is 13.4. The van der Waals surface area contributed by atoms with Crippen molar-refractivity contribution in [2.45, 2.75) is 0 Å². The molecule has 16 heavy (non-hydrogen) atoms. The smallest absolute Gasteiger partial charge is 0.259 e. The molecule has 0 unspecified atom stereocenters. The molecule has 1 aromatic carbocycles. The molecule has 1 aromatic rings. The molecule has 0 spiro atoms. The van der Waals surface area contributed by atoms with E-state index < -0.39 is 23.4 Å². The fourth-order valence-corrected chi connectivity index (χ4v) is 1.43. The Morgan fingerprint density at radius 3 is 2.31 bits per heavy atom. The molecule has 0 N–H and O–H groups in total. The van der Waals surface area contributed by atoms with E-state index in [-0.39, 0.29) is 18.9 Å². The number of rotatable bonds is 1. The molecule has 2 amide bonds. The molecule has 1 fully saturated rings. The van der Waals surface area contributed by atoms with Crippen LogP contribution in [0.3, 0.4) is 0 Å². The molecule has 0 atom stereocenters. The lowest BCUT2D eigenvalue weighted by atomic mass is 10.2. The van der Waals surface area contributed by atoms with Crippen LogP contribution in [-0.2, 0) is 14.3 Å². The first-order chi connectivity index (χ1) is 7.59. The zero-order valence-corrected chi connectivity index (χ0v) is 8.07. The van der Waals surface area contributed by atoms with Crippen LogP contribution >= 0.6 is 0 Å². The van der Waals surface area contributed by atoms with E-state index in [0.29, 0.717) is 11.0 Å². The maximum Gasteiger partial charge on any atom is 0.259 e. The number of morpholine rings is 1. The Labute approximate surface area is 89.4 Å². The second kappa shape index (κ2) is 3.97. The van der Waals surface area contributed by atoms with Gasteiger partial charge in [-0.25, -0.2) is 13.7 Å². The number of carbonyl (C=O) groups excluding carboxylic acids is 2. The van der Waals surface area contributed by atoms with Gasteiger partial charge in [-0.3, -0.25) is 9.59 Å². The van der Waals surface area contributed by atoms with E-state index in [2.05, 4.69) is 4.74 Å². The largest absolute Gasteiger partial charge is 0.362 e. The SMILES string of the molecule is O=C1COCC(=O)N1c1ccc(F)cc1F. The van der Waals surface area contributed by atoms with Crippen molar-refractivity contribution in [3.05, 3.63) is 29.8 Å². The number of benzene rings is 1. The molecule has 4 nitrogen and oxygen atoms in total. The third-order valence-corrected chi connectivity index (χ3v) is 2.10. The van der Waals surface area contributed by atoms with E-state index in [0.717, 1.165) is 12.1 Å². The number of ether oxygens (including phenoxy) is 1. The van der Waals surface area contributed by atoms with Crippen LogP contribution in [-0.4, -0.2) is 25.0 Å². The molecule has 1 aliphatic heterocycles. The van der Waals surface area contributed by atoms with Gasteiger partial charge in [0.15, 0.2) is 0 Å². The quantitative estimate of drug-likeness (QED) is 0.668. The molecule has 0 saturated carbocycles. The highest BCUT2D eigenvalue weighted by atomic mass is 19.1. The number of hydrogen-bond donors (Lipinski definition) is 0.